The van der Waals surface area contributed by atoms with Crippen molar-refractivity contribution in [1.29, 1.82) is 0 Å². The fourth-order valence-corrected chi connectivity index (χ4v) is 3.25. The molecule has 1 aromatic rings. The van der Waals surface area contributed by atoms with E-state index in [1.807, 2.05) is 6.07 Å². The first-order valence-electron chi connectivity index (χ1n) is 9.62. The molecule has 0 spiro atoms. The Kier molecular flexibility index (Phi) is 5.36. The second-order valence-electron chi connectivity index (χ2n) is 8.26. The molecule has 2 aliphatic rings. The Morgan fingerprint density at radius 2 is 1.88 bits per heavy atom. The first-order chi connectivity index (χ1) is 12.2. The summed E-state index contributed by atoms with van der Waals surface area (Å²) in [6.45, 7) is 12.1. The van der Waals surface area contributed by atoms with E-state index in [0.717, 1.165) is 24.7 Å². The van der Waals surface area contributed by atoms with Gasteiger partial charge in [0, 0.05) is 13.1 Å². The predicted octanol–water partition coefficient (Wildman–Crippen LogP) is 3.28. The average molecular weight is 359 g/mol. The summed E-state index contributed by atoms with van der Waals surface area (Å²) in [7, 11) is -0.345. The summed E-state index contributed by atoms with van der Waals surface area (Å²) >= 11 is 0. The molecule has 6 heteroatoms. The minimum absolute atomic E-state index is 0.209. The standard InChI is InChI=1S/C20H30BNO4/c1-6-7-12-24-18(23)22-11-10-15-13-17(9-8-16(15)14-22)21-25-19(2,3)20(4,5)26-21/h8-9,13H,6-7,10-12,14H2,1-5H3. The molecule has 1 fully saturated rings. The Morgan fingerprint density at radius 1 is 1.19 bits per heavy atom. The van der Waals surface area contributed by atoms with Gasteiger partial charge in [-0.25, -0.2) is 4.79 Å². The van der Waals surface area contributed by atoms with Crippen LogP contribution in [0.5, 0.6) is 0 Å². The van der Waals surface area contributed by atoms with Crippen molar-refractivity contribution in [1.82, 2.24) is 4.90 Å². The maximum atomic E-state index is 12.2. The topological polar surface area (TPSA) is 48.0 Å². The zero-order valence-electron chi connectivity index (χ0n) is 16.6. The Morgan fingerprint density at radius 3 is 2.54 bits per heavy atom. The maximum absolute atomic E-state index is 12.2. The van der Waals surface area contributed by atoms with Gasteiger partial charge in [0.2, 0.25) is 0 Å². The SMILES string of the molecule is CCCCOC(=O)N1CCc2cc(B3OC(C)(C)C(C)(C)O3)ccc2C1. The molecule has 26 heavy (non-hydrogen) atoms. The minimum Gasteiger partial charge on any atom is -0.449 e. The van der Waals surface area contributed by atoms with E-state index in [1.54, 1.807) is 4.90 Å². The summed E-state index contributed by atoms with van der Waals surface area (Å²) in [5.41, 5.74) is 2.79. The Hall–Kier alpha value is -1.53. The van der Waals surface area contributed by atoms with Crippen LogP contribution in [0.2, 0.25) is 0 Å². The molecule has 0 saturated carbocycles. The molecular weight excluding hydrogens is 329 g/mol. The molecule has 2 aliphatic heterocycles. The van der Waals surface area contributed by atoms with E-state index in [2.05, 4.69) is 46.8 Å². The van der Waals surface area contributed by atoms with Crippen LogP contribution in [0.1, 0.15) is 58.6 Å². The summed E-state index contributed by atoms with van der Waals surface area (Å²) in [6, 6.07) is 6.30. The lowest BCUT2D eigenvalue weighted by atomic mass is 9.77. The number of nitrogens with zero attached hydrogens (tertiary/aromatic N) is 1. The van der Waals surface area contributed by atoms with E-state index in [-0.39, 0.29) is 24.4 Å². The third-order valence-electron chi connectivity index (χ3n) is 5.75. The van der Waals surface area contributed by atoms with Crippen LogP contribution in [-0.4, -0.2) is 42.5 Å². The second-order valence-corrected chi connectivity index (χ2v) is 8.26. The van der Waals surface area contributed by atoms with Crippen molar-refractivity contribution in [2.24, 2.45) is 0 Å². The first-order valence-corrected chi connectivity index (χ1v) is 9.62. The lowest BCUT2D eigenvalue weighted by Gasteiger charge is -2.32. The van der Waals surface area contributed by atoms with Gasteiger partial charge in [0.25, 0.3) is 0 Å². The second kappa shape index (κ2) is 7.24. The lowest BCUT2D eigenvalue weighted by Crippen LogP contribution is -2.41. The third-order valence-corrected chi connectivity index (χ3v) is 5.75. The van der Waals surface area contributed by atoms with Gasteiger partial charge in [-0.15, -0.1) is 0 Å². The van der Waals surface area contributed by atoms with Crippen molar-refractivity contribution in [2.75, 3.05) is 13.2 Å². The third kappa shape index (κ3) is 3.76. The maximum Gasteiger partial charge on any atom is 0.494 e. The number of hydrogen-bond donors (Lipinski definition) is 0. The highest BCUT2D eigenvalue weighted by molar-refractivity contribution is 6.62. The number of benzene rings is 1. The molecule has 1 amide bonds. The highest BCUT2D eigenvalue weighted by Crippen LogP contribution is 2.36. The van der Waals surface area contributed by atoms with Crippen molar-refractivity contribution < 1.29 is 18.8 Å². The van der Waals surface area contributed by atoms with Gasteiger partial charge in [0.1, 0.15) is 0 Å². The van der Waals surface area contributed by atoms with Gasteiger partial charge in [0.05, 0.1) is 17.8 Å². The van der Waals surface area contributed by atoms with E-state index in [0.29, 0.717) is 19.7 Å². The van der Waals surface area contributed by atoms with E-state index in [1.165, 1.54) is 11.1 Å². The molecule has 2 heterocycles. The van der Waals surface area contributed by atoms with Crippen molar-refractivity contribution in [3.05, 3.63) is 29.3 Å². The highest BCUT2D eigenvalue weighted by Gasteiger charge is 2.51. The summed E-state index contributed by atoms with van der Waals surface area (Å²) in [5, 5.41) is 0. The smallest absolute Gasteiger partial charge is 0.449 e. The van der Waals surface area contributed by atoms with E-state index in [9.17, 15) is 4.79 Å². The lowest BCUT2D eigenvalue weighted by molar-refractivity contribution is 0.00578. The molecule has 5 nitrogen and oxygen atoms in total. The summed E-state index contributed by atoms with van der Waals surface area (Å²) < 4.78 is 17.6. The van der Waals surface area contributed by atoms with Crippen LogP contribution < -0.4 is 5.46 Å². The van der Waals surface area contributed by atoms with Crippen molar-refractivity contribution in [3.8, 4) is 0 Å². The van der Waals surface area contributed by atoms with Crippen molar-refractivity contribution in [2.45, 2.75) is 71.6 Å². The fourth-order valence-electron chi connectivity index (χ4n) is 3.25. The molecular formula is C20H30BNO4. The monoisotopic (exact) mass is 359 g/mol. The zero-order chi connectivity index (χ0) is 18.9. The van der Waals surface area contributed by atoms with Gasteiger partial charge >= 0.3 is 13.2 Å². The molecule has 0 radical (unpaired) electrons. The Labute approximate surface area is 157 Å². The minimum atomic E-state index is -0.345. The van der Waals surface area contributed by atoms with Gasteiger partial charge < -0.3 is 18.9 Å². The number of rotatable bonds is 4. The molecule has 0 N–H and O–H groups in total. The van der Waals surface area contributed by atoms with Crippen LogP contribution in [0.3, 0.4) is 0 Å². The molecule has 3 rings (SSSR count). The van der Waals surface area contributed by atoms with E-state index < -0.39 is 0 Å². The molecule has 0 unspecified atom stereocenters. The van der Waals surface area contributed by atoms with Gasteiger partial charge in [-0.3, -0.25) is 0 Å². The first kappa shape index (κ1) is 19.2. The fraction of sp³-hybridized carbons (Fsp3) is 0.650. The number of hydrogen-bond acceptors (Lipinski definition) is 4. The predicted molar refractivity (Wildman–Crippen MR) is 103 cm³/mol. The molecule has 0 atom stereocenters. The van der Waals surface area contributed by atoms with E-state index >= 15 is 0 Å². The van der Waals surface area contributed by atoms with Gasteiger partial charge in [-0.2, -0.15) is 0 Å². The summed E-state index contributed by atoms with van der Waals surface area (Å²) in [6.07, 6.45) is 2.55. The van der Waals surface area contributed by atoms with Crippen LogP contribution in [-0.2, 0) is 27.0 Å². The summed E-state index contributed by atoms with van der Waals surface area (Å²) in [4.78, 5) is 13.9. The van der Waals surface area contributed by atoms with Gasteiger partial charge in [0.15, 0.2) is 0 Å². The van der Waals surface area contributed by atoms with Crippen LogP contribution in [0, 0.1) is 0 Å². The Balaban J connectivity index is 1.67. The largest absolute Gasteiger partial charge is 0.494 e. The molecule has 0 aliphatic carbocycles. The molecule has 0 bridgehead atoms. The normalized spacial score (nSPS) is 20.8. The Bertz CT molecular complexity index is 658. The number of unbranched alkanes of at least 4 members (excludes halogenated alkanes) is 1. The number of carbonyl (C=O) groups is 1. The summed E-state index contributed by atoms with van der Waals surface area (Å²) in [5.74, 6) is 0. The molecule has 1 aromatic carbocycles. The van der Waals surface area contributed by atoms with Crippen LogP contribution in [0.4, 0.5) is 4.79 Å². The number of amides is 1. The van der Waals surface area contributed by atoms with Gasteiger partial charge in [-0.05, 0) is 57.1 Å². The van der Waals surface area contributed by atoms with Crippen LogP contribution in [0.15, 0.2) is 18.2 Å². The van der Waals surface area contributed by atoms with Crippen LogP contribution >= 0.6 is 0 Å². The zero-order valence-corrected chi connectivity index (χ0v) is 16.6. The average Bonchev–Trinajstić information content (AvgIpc) is 2.82. The van der Waals surface area contributed by atoms with Crippen molar-refractivity contribution in [3.63, 3.8) is 0 Å². The van der Waals surface area contributed by atoms with Crippen LogP contribution in [0.25, 0.3) is 0 Å². The molecule has 0 aromatic heterocycles. The number of ether oxygens (including phenoxy) is 1. The number of carbonyl (C=O) groups excluding carboxylic acids is 1. The van der Waals surface area contributed by atoms with Crippen molar-refractivity contribution >= 4 is 18.7 Å². The highest BCUT2D eigenvalue weighted by atomic mass is 16.7. The molecule has 1 saturated heterocycles. The molecule has 142 valence electrons. The quantitative estimate of drug-likeness (QED) is 0.612. The van der Waals surface area contributed by atoms with Gasteiger partial charge in [-0.1, -0.05) is 31.5 Å². The van der Waals surface area contributed by atoms with E-state index in [4.69, 9.17) is 14.0 Å². The number of fused-ring (bicyclic) bond motifs is 1.